The minimum absolute atomic E-state index is 0.0991. The summed E-state index contributed by atoms with van der Waals surface area (Å²) < 4.78 is 1.46. The van der Waals surface area contributed by atoms with Crippen molar-refractivity contribution < 1.29 is 9.90 Å². The van der Waals surface area contributed by atoms with Crippen molar-refractivity contribution in [3.63, 3.8) is 0 Å². The normalized spacial score (nSPS) is 9.25. The Morgan fingerprint density at radius 2 is 1.64 bits per heavy atom. The maximum absolute atomic E-state index is 11.5. The molecule has 3 aromatic rings. The SMILES string of the molecule is C=C.CC.Cn1cc(C#N)c(-c2ccc(-c3cccc(Cl)c3)cc2)c1C(=O)O. The number of hydrogen-bond donors (Lipinski definition) is 1. The lowest BCUT2D eigenvalue weighted by molar-refractivity contribution is 0.0687. The first-order valence-electron chi connectivity index (χ1n) is 8.70. The number of carboxylic acids is 1. The second-order valence-electron chi connectivity index (χ2n) is 5.38. The predicted molar refractivity (Wildman–Crippen MR) is 116 cm³/mol. The molecule has 0 radical (unpaired) electrons. The number of carbonyl (C=O) groups is 1. The van der Waals surface area contributed by atoms with Crippen LogP contribution >= 0.6 is 11.6 Å². The highest BCUT2D eigenvalue weighted by Crippen LogP contribution is 2.31. The summed E-state index contributed by atoms with van der Waals surface area (Å²) >= 11 is 6.02. The van der Waals surface area contributed by atoms with Crippen LogP contribution < -0.4 is 0 Å². The van der Waals surface area contributed by atoms with Crippen LogP contribution in [0.3, 0.4) is 0 Å². The van der Waals surface area contributed by atoms with E-state index in [1.807, 2.05) is 62.4 Å². The molecule has 1 aromatic heterocycles. The first kappa shape index (κ1) is 22.8. The summed E-state index contributed by atoms with van der Waals surface area (Å²) in [5.74, 6) is -1.06. The number of aryl methyl sites for hydroxylation is 1. The fourth-order valence-corrected chi connectivity index (χ4v) is 2.95. The summed E-state index contributed by atoms with van der Waals surface area (Å²) in [6.07, 6.45) is 1.53. The zero-order chi connectivity index (χ0) is 21.3. The van der Waals surface area contributed by atoms with Crippen molar-refractivity contribution in [2.24, 2.45) is 7.05 Å². The van der Waals surface area contributed by atoms with Gasteiger partial charge in [0, 0.05) is 23.8 Å². The van der Waals surface area contributed by atoms with E-state index in [2.05, 4.69) is 19.2 Å². The molecule has 0 fully saturated rings. The molecule has 0 amide bonds. The van der Waals surface area contributed by atoms with E-state index in [-0.39, 0.29) is 5.69 Å². The van der Waals surface area contributed by atoms with Gasteiger partial charge in [-0.1, -0.05) is 61.8 Å². The van der Waals surface area contributed by atoms with Crippen molar-refractivity contribution in [2.45, 2.75) is 13.8 Å². The second-order valence-corrected chi connectivity index (χ2v) is 5.82. The van der Waals surface area contributed by atoms with Crippen LogP contribution in [0.4, 0.5) is 0 Å². The fourth-order valence-electron chi connectivity index (χ4n) is 2.76. The van der Waals surface area contributed by atoms with Crippen LogP contribution in [0.2, 0.25) is 5.02 Å². The zero-order valence-electron chi connectivity index (χ0n) is 16.2. The molecule has 0 aliphatic carbocycles. The summed E-state index contributed by atoms with van der Waals surface area (Å²) in [6, 6.07) is 17.0. The van der Waals surface area contributed by atoms with E-state index in [0.29, 0.717) is 21.7 Å². The molecule has 0 aliphatic rings. The van der Waals surface area contributed by atoms with Gasteiger partial charge >= 0.3 is 5.97 Å². The van der Waals surface area contributed by atoms with E-state index in [4.69, 9.17) is 11.6 Å². The van der Waals surface area contributed by atoms with Crippen LogP contribution in [0, 0.1) is 11.3 Å². The second kappa shape index (κ2) is 10.8. The number of aromatic carboxylic acids is 1. The average Bonchev–Trinajstić information content (AvgIpc) is 3.07. The van der Waals surface area contributed by atoms with Gasteiger partial charge in [-0.3, -0.25) is 0 Å². The molecule has 1 N–H and O–H groups in total. The molecule has 0 unspecified atom stereocenters. The largest absolute Gasteiger partial charge is 0.477 e. The molecule has 144 valence electrons. The third kappa shape index (κ3) is 4.91. The molecule has 0 atom stereocenters. The van der Waals surface area contributed by atoms with E-state index in [1.165, 1.54) is 10.8 Å². The lowest BCUT2D eigenvalue weighted by Gasteiger charge is -2.07. The number of aromatic nitrogens is 1. The Bertz CT molecular complexity index is 983. The Balaban J connectivity index is 0.000000921. The van der Waals surface area contributed by atoms with Gasteiger partial charge in [-0.05, 0) is 28.8 Å². The molecule has 28 heavy (non-hydrogen) atoms. The molecular weight excluding hydrogens is 372 g/mol. The van der Waals surface area contributed by atoms with Gasteiger partial charge in [0.1, 0.15) is 11.8 Å². The number of halogens is 1. The summed E-state index contributed by atoms with van der Waals surface area (Å²) in [6.45, 7) is 10.0. The van der Waals surface area contributed by atoms with Crippen LogP contribution in [-0.4, -0.2) is 15.6 Å². The van der Waals surface area contributed by atoms with Gasteiger partial charge in [0.2, 0.25) is 0 Å². The predicted octanol–water partition coefficient (Wildman–Crippen LogP) is 6.41. The molecule has 1 heterocycles. The van der Waals surface area contributed by atoms with Crippen LogP contribution in [-0.2, 0) is 7.05 Å². The van der Waals surface area contributed by atoms with Crippen molar-refractivity contribution in [1.82, 2.24) is 4.57 Å². The minimum Gasteiger partial charge on any atom is -0.477 e. The van der Waals surface area contributed by atoms with E-state index < -0.39 is 5.97 Å². The Hall–Kier alpha value is -3.29. The third-order valence-corrected chi connectivity index (χ3v) is 4.07. The first-order valence-corrected chi connectivity index (χ1v) is 9.08. The Morgan fingerprint density at radius 3 is 2.14 bits per heavy atom. The van der Waals surface area contributed by atoms with Crippen LogP contribution in [0.15, 0.2) is 67.9 Å². The smallest absolute Gasteiger partial charge is 0.353 e. The molecule has 0 saturated heterocycles. The van der Waals surface area contributed by atoms with Crippen molar-refractivity contribution in [3.05, 3.63) is 84.2 Å². The summed E-state index contributed by atoms with van der Waals surface area (Å²) in [5, 5.41) is 19.4. The number of benzene rings is 2. The van der Waals surface area contributed by atoms with E-state index in [0.717, 1.165) is 11.1 Å². The van der Waals surface area contributed by atoms with Gasteiger partial charge in [0.15, 0.2) is 0 Å². The van der Waals surface area contributed by atoms with Crippen LogP contribution in [0.1, 0.15) is 29.9 Å². The Morgan fingerprint density at radius 1 is 1.07 bits per heavy atom. The quantitative estimate of drug-likeness (QED) is 0.522. The topological polar surface area (TPSA) is 66.0 Å². The minimum atomic E-state index is -1.06. The monoisotopic (exact) mass is 394 g/mol. The summed E-state index contributed by atoms with van der Waals surface area (Å²) in [5.41, 5.74) is 3.50. The Labute approximate surface area is 170 Å². The van der Waals surface area contributed by atoms with Gasteiger partial charge in [0.05, 0.1) is 5.56 Å². The van der Waals surface area contributed by atoms with Crippen LogP contribution in [0.25, 0.3) is 22.3 Å². The van der Waals surface area contributed by atoms with Gasteiger partial charge in [-0.2, -0.15) is 5.26 Å². The number of carboxylic acid groups (broad SMARTS) is 1. The van der Waals surface area contributed by atoms with Gasteiger partial charge in [-0.25, -0.2) is 4.79 Å². The zero-order valence-corrected chi connectivity index (χ0v) is 17.0. The lowest BCUT2D eigenvalue weighted by atomic mass is 9.98. The number of hydrogen-bond acceptors (Lipinski definition) is 2. The molecule has 3 rings (SSSR count). The highest BCUT2D eigenvalue weighted by Gasteiger charge is 2.21. The molecule has 0 bridgehead atoms. The lowest BCUT2D eigenvalue weighted by Crippen LogP contribution is -2.05. The molecule has 2 aromatic carbocycles. The number of rotatable bonds is 3. The molecular formula is C23H23ClN2O2. The highest BCUT2D eigenvalue weighted by molar-refractivity contribution is 6.30. The Kier molecular flexibility index (Phi) is 8.74. The summed E-state index contributed by atoms with van der Waals surface area (Å²) in [4.78, 5) is 11.5. The van der Waals surface area contributed by atoms with E-state index in [9.17, 15) is 15.2 Å². The molecule has 4 nitrogen and oxygen atoms in total. The van der Waals surface area contributed by atoms with Gasteiger partial charge in [0.25, 0.3) is 0 Å². The van der Waals surface area contributed by atoms with Crippen molar-refractivity contribution in [3.8, 4) is 28.3 Å². The van der Waals surface area contributed by atoms with Gasteiger partial charge in [-0.15, -0.1) is 13.2 Å². The molecule has 0 spiro atoms. The summed E-state index contributed by atoms with van der Waals surface area (Å²) in [7, 11) is 1.62. The van der Waals surface area contributed by atoms with E-state index >= 15 is 0 Å². The van der Waals surface area contributed by atoms with Crippen LogP contribution in [0.5, 0.6) is 0 Å². The third-order valence-electron chi connectivity index (χ3n) is 3.84. The first-order chi connectivity index (χ1) is 13.5. The average molecular weight is 395 g/mol. The fraction of sp³-hybridized carbons (Fsp3) is 0.130. The molecule has 0 aliphatic heterocycles. The van der Waals surface area contributed by atoms with Crippen molar-refractivity contribution in [2.75, 3.05) is 0 Å². The van der Waals surface area contributed by atoms with E-state index in [1.54, 1.807) is 7.05 Å². The number of nitriles is 1. The van der Waals surface area contributed by atoms with Crippen molar-refractivity contribution in [1.29, 1.82) is 5.26 Å². The standard InChI is InChI=1S/C19H13ClN2O2.C2H6.C2H4/c1-22-11-15(10-21)17(18(22)19(23)24)13-7-5-12(6-8-13)14-3-2-4-16(20)9-14;2*1-2/h2-9,11H,1H3,(H,23,24);1-2H3;1-2H2. The maximum Gasteiger partial charge on any atom is 0.353 e. The highest BCUT2D eigenvalue weighted by atomic mass is 35.5. The molecule has 0 saturated carbocycles. The van der Waals surface area contributed by atoms with Gasteiger partial charge < -0.3 is 9.67 Å². The number of nitrogens with zero attached hydrogens (tertiary/aromatic N) is 2. The van der Waals surface area contributed by atoms with Crippen molar-refractivity contribution >= 4 is 17.6 Å². The molecule has 5 heteroatoms. The maximum atomic E-state index is 11.5.